The number of benzene rings is 1. The Labute approximate surface area is 186 Å². The van der Waals surface area contributed by atoms with Gasteiger partial charge in [0, 0.05) is 49.8 Å². The Kier molecular flexibility index (Phi) is 9.04. The van der Waals surface area contributed by atoms with Crippen molar-refractivity contribution in [3.05, 3.63) is 51.8 Å². The van der Waals surface area contributed by atoms with Crippen molar-refractivity contribution >= 4 is 45.9 Å². The topological polar surface area (TPSA) is 56.9 Å². The van der Waals surface area contributed by atoms with E-state index in [4.69, 9.17) is 9.52 Å². The number of rotatable bonds is 5. The summed E-state index contributed by atoms with van der Waals surface area (Å²) in [5.41, 5.74) is 2.22. The van der Waals surface area contributed by atoms with Crippen LogP contribution in [-0.2, 0) is 13.1 Å². The van der Waals surface area contributed by atoms with Gasteiger partial charge in [0.1, 0.15) is 5.76 Å². The van der Waals surface area contributed by atoms with Gasteiger partial charge in [0.15, 0.2) is 5.96 Å². The number of hydrogen-bond acceptors (Lipinski definition) is 4. The van der Waals surface area contributed by atoms with Crippen molar-refractivity contribution < 1.29 is 4.52 Å². The summed E-state index contributed by atoms with van der Waals surface area (Å²) in [6.45, 7) is 10.4. The summed E-state index contributed by atoms with van der Waals surface area (Å²) in [6, 6.07) is 10.3. The molecular formula is C19H27BrIN5O. The van der Waals surface area contributed by atoms with E-state index in [1.54, 1.807) is 0 Å². The number of halogens is 2. The molecule has 0 radical (unpaired) electrons. The number of piperazine rings is 1. The zero-order valence-corrected chi connectivity index (χ0v) is 19.7. The quantitative estimate of drug-likeness (QED) is 0.352. The first-order valence-electron chi connectivity index (χ1n) is 9.06. The third kappa shape index (κ3) is 6.76. The van der Waals surface area contributed by atoms with Crippen LogP contribution in [0.15, 0.2) is 44.3 Å². The van der Waals surface area contributed by atoms with Crippen LogP contribution in [0.4, 0.5) is 0 Å². The zero-order chi connectivity index (χ0) is 18.4. The molecule has 1 aromatic heterocycles. The molecule has 1 N–H and O–H groups in total. The molecule has 2 aromatic rings. The Bertz CT molecular complexity index is 726. The van der Waals surface area contributed by atoms with Crippen LogP contribution in [0.3, 0.4) is 0 Å². The van der Waals surface area contributed by atoms with Crippen molar-refractivity contribution in [2.45, 2.75) is 26.9 Å². The molecule has 2 heterocycles. The van der Waals surface area contributed by atoms with Gasteiger partial charge >= 0.3 is 0 Å². The predicted molar refractivity (Wildman–Crippen MR) is 122 cm³/mol. The standard InChI is InChI=1S/C19H26BrN5O.HI/c1-3-21-19(22-13-16-4-6-17(20)7-5-16)25-10-8-24(9-11-25)14-18-12-15(2)26-23-18;/h4-7,12H,3,8-11,13-14H2,1-2H3,(H,21,22);1H. The van der Waals surface area contributed by atoms with E-state index in [2.05, 4.69) is 67.4 Å². The second-order valence-electron chi connectivity index (χ2n) is 6.49. The molecule has 1 aliphatic rings. The van der Waals surface area contributed by atoms with Gasteiger partial charge in [-0.25, -0.2) is 4.99 Å². The third-order valence-electron chi connectivity index (χ3n) is 4.39. The highest BCUT2D eigenvalue weighted by molar-refractivity contribution is 14.0. The van der Waals surface area contributed by atoms with Crippen LogP contribution >= 0.6 is 39.9 Å². The molecule has 1 aromatic carbocycles. The van der Waals surface area contributed by atoms with E-state index >= 15 is 0 Å². The van der Waals surface area contributed by atoms with E-state index in [1.165, 1.54) is 5.56 Å². The van der Waals surface area contributed by atoms with E-state index < -0.39 is 0 Å². The van der Waals surface area contributed by atoms with Crippen LogP contribution < -0.4 is 5.32 Å². The predicted octanol–water partition coefficient (Wildman–Crippen LogP) is 3.65. The van der Waals surface area contributed by atoms with Gasteiger partial charge in [-0.3, -0.25) is 4.90 Å². The molecule has 1 saturated heterocycles. The average molecular weight is 548 g/mol. The normalized spacial score (nSPS) is 15.5. The van der Waals surface area contributed by atoms with E-state index in [-0.39, 0.29) is 24.0 Å². The highest BCUT2D eigenvalue weighted by atomic mass is 127. The molecule has 0 bridgehead atoms. The van der Waals surface area contributed by atoms with Crippen LogP contribution in [0.25, 0.3) is 0 Å². The van der Waals surface area contributed by atoms with Crippen molar-refractivity contribution in [2.24, 2.45) is 4.99 Å². The van der Waals surface area contributed by atoms with Gasteiger partial charge in [-0.2, -0.15) is 0 Å². The number of aliphatic imine (C=N–C) groups is 1. The lowest BCUT2D eigenvalue weighted by molar-refractivity contribution is 0.169. The molecule has 8 heteroatoms. The molecule has 0 unspecified atom stereocenters. The van der Waals surface area contributed by atoms with Gasteiger partial charge in [-0.15, -0.1) is 24.0 Å². The molecule has 0 amide bonds. The number of aryl methyl sites for hydroxylation is 1. The molecule has 0 atom stereocenters. The number of nitrogens with one attached hydrogen (secondary N) is 1. The molecule has 0 saturated carbocycles. The average Bonchev–Trinajstić information content (AvgIpc) is 3.05. The SMILES string of the molecule is CCNC(=NCc1ccc(Br)cc1)N1CCN(Cc2cc(C)on2)CC1.I. The molecule has 148 valence electrons. The summed E-state index contributed by atoms with van der Waals surface area (Å²) < 4.78 is 6.25. The lowest BCUT2D eigenvalue weighted by Crippen LogP contribution is -2.52. The van der Waals surface area contributed by atoms with Crippen LogP contribution in [0.2, 0.25) is 0 Å². The molecule has 0 spiro atoms. The van der Waals surface area contributed by atoms with Crippen molar-refractivity contribution in [2.75, 3.05) is 32.7 Å². The monoisotopic (exact) mass is 547 g/mol. The summed E-state index contributed by atoms with van der Waals surface area (Å²) in [5, 5.41) is 7.52. The van der Waals surface area contributed by atoms with E-state index in [1.807, 2.05) is 13.0 Å². The van der Waals surface area contributed by atoms with Gasteiger partial charge < -0.3 is 14.7 Å². The first-order chi connectivity index (χ1) is 12.6. The highest BCUT2D eigenvalue weighted by Crippen LogP contribution is 2.12. The molecule has 0 aliphatic carbocycles. The van der Waals surface area contributed by atoms with Crippen molar-refractivity contribution in [3.63, 3.8) is 0 Å². The van der Waals surface area contributed by atoms with Crippen LogP contribution in [0, 0.1) is 6.92 Å². The molecular weight excluding hydrogens is 521 g/mol. The molecule has 6 nitrogen and oxygen atoms in total. The van der Waals surface area contributed by atoms with Crippen molar-refractivity contribution in [1.82, 2.24) is 20.3 Å². The maximum absolute atomic E-state index is 5.16. The Balaban J connectivity index is 0.00000261. The summed E-state index contributed by atoms with van der Waals surface area (Å²) in [7, 11) is 0. The summed E-state index contributed by atoms with van der Waals surface area (Å²) in [4.78, 5) is 9.57. The minimum Gasteiger partial charge on any atom is -0.361 e. The number of guanidine groups is 1. The molecule has 1 fully saturated rings. The number of aromatic nitrogens is 1. The minimum absolute atomic E-state index is 0. The van der Waals surface area contributed by atoms with Gasteiger partial charge in [-0.1, -0.05) is 33.2 Å². The fraction of sp³-hybridized carbons (Fsp3) is 0.474. The zero-order valence-electron chi connectivity index (χ0n) is 15.8. The summed E-state index contributed by atoms with van der Waals surface area (Å²) in [6.07, 6.45) is 0. The Hall–Kier alpha value is -1.13. The van der Waals surface area contributed by atoms with Crippen LogP contribution in [0.1, 0.15) is 23.9 Å². The Morgan fingerprint density at radius 3 is 2.52 bits per heavy atom. The van der Waals surface area contributed by atoms with Crippen molar-refractivity contribution in [3.8, 4) is 0 Å². The lowest BCUT2D eigenvalue weighted by Gasteiger charge is -2.36. The van der Waals surface area contributed by atoms with E-state index in [0.717, 1.165) is 61.2 Å². The lowest BCUT2D eigenvalue weighted by atomic mass is 10.2. The Morgan fingerprint density at radius 1 is 1.22 bits per heavy atom. The fourth-order valence-electron chi connectivity index (χ4n) is 3.02. The Morgan fingerprint density at radius 2 is 1.93 bits per heavy atom. The first kappa shape index (κ1) is 22.2. The van der Waals surface area contributed by atoms with E-state index in [0.29, 0.717) is 6.54 Å². The first-order valence-corrected chi connectivity index (χ1v) is 9.85. The number of hydrogen-bond donors (Lipinski definition) is 1. The van der Waals surface area contributed by atoms with Gasteiger partial charge in [0.25, 0.3) is 0 Å². The maximum Gasteiger partial charge on any atom is 0.194 e. The van der Waals surface area contributed by atoms with Crippen LogP contribution in [-0.4, -0.2) is 53.6 Å². The van der Waals surface area contributed by atoms with Gasteiger partial charge in [0.2, 0.25) is 0 Å². The maximum atomic E-state index is 5.16. The smallest absolute Gasteiger partial charge is 0.194 e. The van der Waals surface area contributed by atoms with Gasteiger partial charge in [-0.05, 0) is 31.5 Å². The molecule has 3 rings (SSSR count). The molecule has 27 heavy (non-hydrogen) atoms. The number of nitrogens with zero attached hydrogens (tertiary/aromatic N) is 4. The third-order valence-corrected chi connectivity index (χ3v) is 4.92. The largest absolute Gasteiger partial charge is 0.361 e. The second-order valence-corrected chi connectivity index (χ2v) is 7.40. The summed E-state index contributed by atoms with van der Waals surface area (Å²) in [5.74, 6) is 1.86. The van der Waals surface area contributed by atoms with E-state index in [9.17, 15) is 0 Å². The fourth-order valence-corrected chi connectivity index (χ4v) is 3.29. The minimum atomic E-state index is 0. The second kappa shape index (κ2) is 11.0. The van der Waals surface area contributed by atoms with Crippen molar-refractivity contribution in [1.29, 1.82) is 0 Å². The highest BCUT2D eigenvalue weighted by Gasteiger charge is 2.20. The molecule has 1 aliphatic heterocycles. The van der Waals surface area contributed by atoms with Crippen LogP contribution in [0.5, 0.6) is 0 Å². The van der Waals surface area contributed by atoms with Gasteiger partial charge in [0.05, 0.1) is 12.2 Å². The summed E-state index contributed by atoms with van der Waals surface area (Å²) >= 11 is 3.47.